The molecule has 0 saturated carbocycles. The van der Waals surface area contributed by atoms with Crippen molar-refractivity contribution in [3.05, 3.63) is 71.8 Å². The van der Waals surface area contributed by atoms with Crippen molar-refractivity contribution in [3.63, 3.8) is 0 Å². The maximum atomic E-state index is 11.6. The van der Waals surface area contributed by atoms with Crippen molar-refractivity contribution in [3.8, 4) is 0 Å². The summed E-state index contributed by atoms with van der Waals surface area (Å²) in [6.45, 7) is -0.634. The molecule has 0 unspecified atom stereocenters. The molecular weight excluding hydrogens is 488 g/mol. The summed E-state index contributed by atoms with van der Waals surface area (Å²) in [5, 5.41) is 0. The zero-order chi connectivity index (χ0) is 24.3. The van der Waals surface area contributed by atoms with Crippen LogP contribution in [0.3, 0.4) is 0 Å². The number of hydrogen-bond acceptors (Lipinski definition) is 10. The molecule has 0 aromatic heterocycles. The van der Waals surface area contributed by atoms with Gasteiger partial charge in [0.15, 0.2) is 12.6 Å². The molecule has 2 fully saturated rings. The fourth-order valence-electron chi connectivity index (χ4n) is 3.76. The highest BCUT2D eigenvalue weighted by Gasteiger charge is 2.50. The van der Waals surface area contributed by atoms with E-state index in [1.54, 1.807) is 0 Å². The molecule has 0 spiro atoms. The van der Waals surface area contributed by atoms with Gasteiger partial charge in [-0.2, -0.15) is 16.8 Å². The van der Waals surface area contributed by atoms with Crippen molar-refractivity contribution < 1.29 is 44.1 Å². The molecule has 0 bridgehead atoms. The lowest BCUT2D eigenvalue weighted by Crippen LogP contribution is -2.45. The van der Waals surface area contributed by atoms with Crippen LogP contribution in [0, 0.1) is 0 Å². The van der Waals surface area contributed by atoms with Crippen LogP contribution in [0.25, 0.3) is 0 Å². The van der Waals surface area contributed by atoms with E-state index >= 15 is 0 Å². The summed E-state index contributed by atoms with van der Waals surface area (Å²) in [5.74, 6) is 0. The Morgan fingerprint density at radius 1 is 0.618 bits per heavy atom. The molecule has 12 heteroatoms. The average molecular weight is 515 g/mol. The van der Waals surface area contributed by atoms with Gasteiger partial charge in [-0.05, 0) is 0 Å². The van der Waals surface area contributed by atoms with Crippen LogP contribution in [0.1, 0.15) is 23.7 Å². The van der Waals surface area contributed by atoms with E-state index < -0.39 is 57.2 Å². The van der Waals surface area contributed by atoms with Gasteiger partial charge < -0.3 is 18.9 Å². The van der Waals surface area contributed by atoms with E-state index in [0.717, 1.165) is 23.6 Å². The van der Waals surface area contributed by atoms with Crippen LogP contribution in [0.4, 0.5) is 0 Å². The molecule has 186 valence electrons. The average Bonchev–Trinajstić information content (AvgIpc) is 3.41. The summed E-state index contributed by atoms with van der Waals surface area (Å²) >= 11 is 0. The maximum absolute atomic E-state index is 11.6. The Kier molecular flexibility index (Phi) is 7.69. The smallest absolute Gasteiger partial charge is 0.264 e. The van der Waals surface area contributed by atoms with E-state index in [1.807, 2.05) is 60.7 Å². The summed E-state index contributed by atoms with van der Waals surface area (Å²) in [6.07, 6.45) is -3.10. The molecular formula is C22H26O10S2. The lowest BCUT2D eigenvalue weighted by atomic mass is 10.0. The molecule has 0 N–H and O–H groups in total. The predicted molar refractivity (Wildman–Crippen MR) is 119 cm³/mol. The summed E-state index contributed by atoms with van der Waals surface area (Å²) in [7, 11) is -7.50. The second kappa shape index (κ2) is 10.4. The molecule has 2 aromatic rings. The molecule has 2 aliphatic rings. The summed E-state index contributed by atoms with van der Waals surface area (Å²) in [5.41, 5.74) is 1.44. The van der Waals surface area contributed by atoms with Gasteiger partial charge in [0.1, 0.15) is 24.4 Å². The minimum atomic E-state index is -3.75. The van der Waals surface area contributed by atoms with Crippen molar-refractivity contribution in [2.24, 2.45) is 0 Å². The van der Waals surface area contributed by atoms with Crippen LogP contribution in [0.15, 0.2) is 60.7 Å². The fraction of sp³-hybridized carbons (Fsp3) is 0.455. The van der Waals surface area contributed by atoms with E-state index in [0.29, 0.717) is 0 Å². The van der Waals surface area contributed by atoms with Crippen LogP contribution in [0.2, 0.25) is 0 Å². The Balaban J connectivity index is 1.60. The Hall–Kier alpha value is -1.90. The normalized spacial score (nSPS) is 29.9. The van der Waals surface area contributed by atoms with Gasteiger partial charge in [-0.1, -0.05) is 60.7 Å². The topological polar surface area (TPSA) is 124 Å². The second-order valence-electron chi connectivity index (χ2n) is 8.01. The van der Waals surface area contributed by atoms with Gasteiger partial charge in [-0.3, -0.25) is 8.37 Å². The van der Waals surface area contributed by atoms with Crippen LogP contribution in [0.5, 0.6) is 0 Å². The van der Waals surface area contributed by atoms with Crippen LogP contribution >= 0.6 is 0 Å². The minimum Gasteiger partial charge on any atom is -0.340 e. The van der Waals surface area contributed by atoms with Gasteiger partial charge in [0.05, 0.1) is 25.7 Å². The first kappa shape index (κ1) is 25.2. The Morgan fingerprint density at radius 3 is 1.29 bits per heavy atom. The van der Waals surface area contributed by atoms with Gasteiger partial charge in [0.25, 0.3) is 20.2 Å². The second-order valence-corrected chi connectivity index (χ2v) is 11.3. The van der Waals surface area contributed by atoms with E-state index in [9.17, 15) is 16.8 Å². The molecule has 0 amide bonds. The third kappa shape index (κ3) is 6.61. The molecule has 34 heavy (non-hydrogen) atoms. The summed E-state index contributed by atoms with van der Waals surface area (Å²) in [4.78, 5) is 0. The first-order valence-corrected chi connectivity index (χ1v) is 14.1. The molecule has 0 radical (unpaired) electrons. The van der Waals surface area contributed by atoms with Gasteiger partial charge in [0.2, 0.25) is 0 Å². The largest absolute Gasteiger partial charge is 0.340 e. The van der Waals surface area contributed by atoms with E-state index in [-0.39, 0.29) is 13.2 Å². The minimum absolute atomic E-state index is 0.317. The van der Waals surface area contributed by atoms with E-state index in [2.05, 4.69) is 0 Å². The molecule has 10 nitrogen and oxygen atoms in total. The highest BCUT2D eigenvalue weighted by atomic mass is 32.2. The standard InChI is InChI=1S/C22H26O10S2/c1-33(23,24)27-13-17-19(31-21(29-17)15-9-5-3-6-10-15)20-18(14-28-34(2,25)26)30-22(32-20)16-11-7-4-8-12-16/h3-12,17-22H,13-14H2,1-2H3/t17-,18+,19-,20-,21-,22+/m0/s1. The molecule has 2 heterocycles. The van der Waals surface area contributed by atoms with Crippen molar-refractivity contribution >= 4 is 20.2 Å². The third-order valence-electron chi connectivity index (χ3n) is 5.25. The van der Waals surface area contributed by atoms with Crippen molar-refractivity contribution in [1.29, 1.82) is 0 Å². The van der Waals surface area contributed by atoms with Gasteiger partial charge in [0, 0.05) is 11.1 Å². The molecule has 0 aliphatic carbocycles. The molecule has 2 aromatic carbocycles. The number of rotatable bonds is 9. The van der Waals surface area contributed by atoms with Crippen molar-refractivity contribution in [2.45, 2.75) is 37.0 Å². The first-order valence-electron chi connectivity index (χ1n) is 10.5. The maximum Gasteiger partial charge on any atom is 0.264 e. The lowest BCUT2D eigenvalue weighted by molar-refractivity contribution is -0.107. The van der Waals surface area contributed by atoms with Gasteiger partial charge in [-0.25, -0.2) is 0 Å². The van der Waals surface area contributed by atoms with Crippen LogP contribution in [-0.4, -0.2) is 67.0 Å². The third-order valence-corrected chi connectivity index (χ3v) is 6.38. The molecule has 6 atom stereocenters. The summed E-state index contributed by atoms with van der Waals surface area (Å²) < 4.78 is 80.8. The number of benzene rings is 2. The Morgan fingerprint density at radius 2 is 0.971 bits per heavy atom. The van der Waals surface area contributed by atoms with E-state index in [1.165, 1.54) is 0 Å². The number of hydrogen-bond donors (Lipinski definition) is 0. The molecule has 2 aliphatic heterocycles. The SMILES string of the molecule is CS(=O)(=O)OC[C@@H]1O[C@H](c2ccccc2)O[C@@H]1[C@H]1O[C@H](c2ccccc2)O[C@@H]1COS(C)(=O)=O. The zero-order valence-corrected chi connectivity index (χ0v) is 20.2. The summed E-state index contributed by atoms with van der Waals surface area (Å²) in [6, 6.07) is 18.2. The predicted octanol–water partition coefficient (Wildman–Crippen LogP) is 1.90. The molecule has 2 saturated heterocycles. The Labute approximate surface area is 198 Å². The van der Waals surface area contributed by atoms with Crippen molar-refractivity contribution in [2.75, 3.05) is 25.7 Å². The highest BCUT2D eigenvalue weighted by molar-refractivity contribution is 7.86. The monoisotopic (exact) mass is 514 g/mol. The number of ether oxygens (including phenoxy) is 4. The Bertz CT molecular complexity index is 1060. The fourth-order valence-corrected chi connectivity index (χ4v) is 4.52. The van der Waals surface area contributed by atoms with Gasteiger partial charge >= 0.3 is 0 Å². The first-order chi connectivity index (χ1) is 16.1. The van der Waals surface area contributed by atoms with Crippen LogP contribution < -0.4 is 0 Å². The molecule has 4 rings (SSSR count). The zero-order valence-electron chi connectivity index (χ0n) is 18.6. The lowest BCUT2D eigenvalue weighted by Gasteiger charge is -2.25. The highest BCUT2D eigenvalue weighted by Crippen LogP contribution is 2.41. The quantitative estimate of drug-likeness (QED) is 0.458. The van der Waals surface area contributed by atoms with Crippen molar-refractivity contribution in [1.82, 2.24) is 0 Å². The van der Waals surface area contributed by atoms with Crippen LogP contribution in [-0.2, 0) is 47.5 Å². The van der Waals surface area contributed by atoms with Gasteiger partial charge in [-0.15, -0.1) is 0 Å². The van der Waals surface area contributed by atoms with E-state index in [4.69, 9.17) is 27.3 Å².